The highest BCUT2D eigenvalue weighted by atomic mass is 16.6. The number of carbonyl (C=O) groups is 5. The van der Waals surface area contributed by atoms with Crippen LogP contribution < -0.4 is 23.7 Å². The minimum absolute atomic E-state index is 0.00183. The standard InChI is InChI=1S/C27H20O10/c1-5-23(28)33-18-11-9-17(21(15-18)36-25(30)7-3)10-14-27(32)35-20-13-12-19(34-24(29)6-2)16-22(20)37-26(31)8-4/h5-16H,1-4H2. The molecule has 0 radical (unpaired) electrons. The molecule has 0 aliphatic heterocycles. The molecule has 2 rings (SSSR count). The zero-order valence-corrected chi connectivity index (χ0v) is 19.3. The van der Waals surface area contributed by atoms with Crippen molar-refractivity contribution in [1.29, 1.82) is 0 Å². The van der Waals surface area contributed by atoms with Crippen LogP contribution in [-0.4, -0.2) is 29.8 Å². The molecule has 2 aromatic rings. The van der Waals surface area contributed by atoms with Crippen molar-refractivity contribution in [2.75, 3.05) is 0 Å². The summed E-state index contributed by atoms with van der Waals surface area (Å²) in [6, 6.07) is 7.77. The van der Waals surface area contributed by atoms with Gasteiger partial charge in [-0.05, 0) is 30.3 Å². The lowest BCUT2D eigenvalue weighted by Gasteiger charge is -2.11. The van der Waals surface area contributed by atoms with Gasteiger partial charge in [0.2, 0.25) is 0 Å². The molecule has 0 saturated heterocycles. The van der Waals surface area contributed by atoms with E-state index in [1.807, 2.05) is 0 Å². The van der Waals surface area contributed by atoms with Crippen LogP contribution in [0.1, 0.15) is 5.56 Å². The number of hydrogen-bond acceptors (Lipinski definition) is 10. The minimum atomic E-state index is -0.908. The number of esters is 5. The first-order valence-electron chi connectivity index (χ1n) is 10.2. The second kappa shape index (κ2) is 13.4. The Labute approximate surface area is 211 Å². The van der Waals surface area contributed by atoms with Crippen molar-refractivity contribution in [3.8, 4) is 28.7 Å². The van der Waals surface area contributed by atoms with Crippen LogP contribution >= 0.6 is 0 Å². The van der Waals surface area contributed by atoms with E-state index in [1.165, 1.54) is 36.4 Å². The first kappa shape index (κ1) is 27.7. The molecule has 0 amide bonds. The molecular weight excluding hydrogens is 484 g/mol. The largest absolute Gasteiger partial charge is 0.423 e. The highest BCUT2D eigenvalue weighted by Crippen LogP contribution is 2.32. The van der Waals surface area contributed by atoms with Gasteiger partial charge in [0.1, 0.15) is 17.2 Å². The molecule has 0 aliphatic carbocycles. The molecule has 10 heteroatoms. The Morgan fingerprint density at radius 3 is 1.49 bits per heavy atom. The van der Waals surface area contributed by atoms with Crippen LogP contribution in [-0.2, 0) is 24.0 Å². The Balaban J connectivity index is 2.30. The molecule has 0 spiro atoms. The molecule has 2 aromatic carbocycles. The Morgan fingerprint density at radius 1 is 0.514 bits per heavy atom. The van der Waals surface area contributed by atoms with Crippen LogP contribution in [0.4, 0.5) is 0 Å². The lowest BCUT2D eigenvalue weighted by molar-refractivity contribution is -0.131. The third-order valence-corrected chi connectivity index (χ3v) is 4.03. The monoisotopic (exact) mass is 504 g/mol. The lowest BCUT2D eigenvalue weighted by atomic mass is 10.1. The Morgan fingerprint density at radius 2 is 0.946 bits per heavy atom. The molecular formula is C27H20O10. The molecule has 0 bridgehead atoms. The molecule has 37 heavy (non-hydrogen) atoms. The van der Waals surface area contributed by atoms with Crippen molar-refractivity contribution in [3.05, 3.63) is 98.7 Å². The lowest BCUT2D eigenvalue weighted by Crippen LogP contribution is -2.10. The Hall–Kier alpha value is -5.51. The van der Waals surface area contributed by atoms with Crippen molar-refractivity contribution in [3.63, 3.8) is 0 Å². The maximum absolute atomic E-state index is 12.5. The molecule has 0 aromatic heterocycles. The summed E-state index contributed by atoms with van der Waals surface area (Å²) >= 11 is 0. The molecule has 0 atom stereocenters. The van der Waals surface area contributed by atoms with Gasteiger partial charge in [-0.2, -0.15) is 0 Å². The van der Waals surface area contributed by atoms with Gasteiger partial charge in [-0.15, -0.1) is 0 Å². The quantitative estimate of drug-likeness (QED) is 0.254. The van der Waals surface area contributed by atoms with E-state index in [0.29, 0.717) is 0 Å². The van der Waals surface area contributed by atoms with Gasteiger partial charge in [-0.3, -0.25) is 0 Å². The molecule has 0 fully saturated rings. The van der Waals surface area contributed by atoms with Gasteiger partial charge < -0.3 is 23.7 Å². The molecule has 10 nitrogen and oxygen atoms in total. The maximum Gasteiger partial charge on any atom is 0.336 e. The molecule has 188 valence electrons. The highest BCUT2D eigenvalue weighted by molar-refractivity contribution is 5.91. The minimum Gasteiger partial charge on any atom is -0.423 e. The molecule has 0 heterocycles. The van der Waals surface area contributed by atoms with E-state index in [4.69, 9.17) is 23.7 Å². The third kappa shape index (κ3) is 8.65. The zero-order chi connectivity index (χ0) is 27.4. The summed E-state index contributed by atoms with van der Waals surface area (Å²) < 4.78 is 25.4. The summed E-state index contributed by atoms with van der Waals surface area (Å²) in [6.07, 6.45) is 5.96. The number of benzene rings is 2. The topological polar surface area (TPSA) is 132 Å². The maximum atomic E-state index is 12.5. The van der Waals surface area contributed by atoms with Crippen LogP contribution in [0.25, 0.3) is 6.08 Å². The van der Waals surface area contributed by atoms with Crippen LogP contribution in [0.5, 0.6) is 28.7 Å². The van der Waals surface area contributed by atoms with Crippen LogP contribution in [0.3, 0.4) is 0 Å². The van der Waals surface area contributed by atoms with Gasteiger partial charge in [0.25, 0.3) is 0 Å². The predicted octanol–water partition coefficient (Wildman–Crippen LogP) is 3.67. The van der Waals surface area contributed by atoms with Gasteiger partial charge in [0.05, 0.1) is 0 Å². The fourth-order valence-corrected chi connectivity index (χ4v) is 2.44. The summed E-state index contributed by atoms with van der Waals surface area (Å²) in [4.78, 5) is 58.7. The number of ether oxygens (including phenoxy) is 5. The van der Waals surface area contributed by atoms with E-state index in [9.17, 15) is 24.0 Å². The van der Waals surface area contributed by atoms with Gasteiger partial charge in [-0.1, -0.05) is 26.3 Å². The van der Waals surface area contributed by atoms with E-state index in [2.05, 4.69) is 26.3 Å². The SMILES string of the molecule is C=CC(=O)Oc1ccc(C=CC(=O)Oc2ccc(OC(=O)C=C)cc2OC(=O)C=C)c(OC(=O)C=C)c1. The van der Waals surface area contributed by atoms with Crippen molar-refractivity contribution in [2.45, 2.75) is 0 Å². The van der Waals surface area contributed by atoms with E-state index < -0.39 is 29.8 Å². The van der Waals surface area contributed by atoms with E-state index in [0.717, 1.165) is 36.4 Å². The zero-order valence-electron chi connectivity index (χ0n) is 19.3. The molecule has 0 unspecified atom stereocenters. The first-order chi connectivity index (χ1) is 17.7. The van der Waals surface area contributed by atoms with Crippen molar-refractivity contribution in [2.24, 2.45) is 0 Å². The van der Waals surface area contributed by atoms with Crippen molar-refractivity contribution < 1.29 is 47.7 Å². The Kier molecular flexibility index (Phi) is 10.0. The van der Waals surface area contributed by atoms with Crippen LogP contribution in [0.15, 0.2) is 93.1 Å². The van der Waals surface area contributed by atoms with E-state index in [-0.39, 0.29) is 34.3 Å². The first-order valence-corrected chi connectivity index (χ1v) is 10.2. The third-order valence-electron chi connectivity index (χ3n) is 4.03. The van der Waals surface area contributed by atoms with Crippen molar-refractivity contribution >= 4 is 35.9 Å². The van der Waals surface area contributed by atoms with E-state index in [1.54, 1.807) is 0 Å². The number of carbonyl (C=O) groups excluding carboxylic acids is 5. The number of hydrogen-bond donors (Lipinski definition) is 0. The highest BCUT2D eigenvalue weighted by Gasteiger charge is 2.15. The normalized spacial score (nSPS) is 9.95. The average molecular weight is 504 g/mol. The predicted molar refractivity (Wildman–Crippen MR) is 131 cm³/mol. The summed E-state index contributed by atoms with van der Waals surface area (Å²) in [7, 11) is 0. The smallest absolute Gasteiger partial charge is 0.336 e. The Bertz CT molecular complexity index is 1320. The van der Waals surface area contributed by atoms with E-state index >= 15 is 0 Å². The molecule has 0 aliphatic rings. The molecule has 0 saturated carbocycles. The molecule has 0 N–H and O–H groups in total. The summed E-state index contributed by atoms with van der Waals surface area (Å²) in [5.41, 5.74) is 0.246. The number of rotatable bonds is 11. The second-order valence-corrected chi connectivity index (χ2v) is 6.56. The van der Waals surface area contributed by atoms with Gasteiger partial charge in [0, 0.05) is 48.1 Å². The summed E-state index contributed by atoms with van der Waals surface area (Å²) in [5, 5.41) is 0. The fraction of sp³-hybridized carbons (Fsp3) is 0. The van der Waals surface area contributed by atoms with Crippen LogP contribution in [0, 0.1) is 0 Å². The van der Waals surface area contributed by atoms with Crippen LogP contribution in [0.2, 0.25) is 0 Å². The second-order valence-electron chi connectivity index (χ2n) is 6.56. The summed E-state index contributed by atoms with van der Waals surface area (Å²) in [5.74, 6) is -4.44. The summed E-state index contributed by atoms with van der Waals surface area (Å²) in [6.45, 7) is 13.2. The fourth-order valence-electron chi connectivity index (χ4n) is 2.44. The average Bonchev–Trinajstić information content (AvgIpc) is 2.89. The van der Waals surface area contributed by atoms with Gasteiger partial charge in [-0.25, -0.2) is 24.0 Å². The van der Waals surface area contributed by atoms with Gasteiger partial charge in [0.15, 0.2) is 11.5 Å². The van der Waals surface area contributed by atoms with Gasteiger partial charge >= 0.3 is 29.8 Å². The van der Waals surface area contributed by atoms with Crippen molar-refractivity contribution in [1.82, 2.24) is 0 Å².